The highest BCUT2D eigenvalue weighted by Gasteiger charge is 2.25. The number of hydrogen-bond acceptors (Lipinski definition) is 5. The van der Waals surface area contributed by atoms with Crippen molar-refractivity contribution in [3.63, 3.8) is 0 Å². The number of rotatable bonds is 10. The minimum atomic E-state index is -0.878. The molecule has 156 valence electrons. The lowest BCUT2D eigenvalue weighted by molar-refractivity contribution is -0.138. The quantitative estimate of drug-likeness (QED) is 0.587. The molecule has 2 amide bonds. The summed E-state index contributed by atoms with van der Waals surface area (Å²) in [5.74, 6) is -0.878. The molecule has 1 fully saturated rings. The van der Waals surface area contributed by atoms with Crippen LogP contribution in [0.3, 0.4) is 0 Å². The molecule has 0 aliphatic carbocycles. The maximum atomic E-state index is 12.3. The predicted molar refractivity (Wildman–Crippen MR) is 105 cm³/mol. The first-order chi connectivity index (χ1) is 13.5. The van der Waals surface area contributed by atoms with Crippen LogP contribution in [0.15, 0.2) is 30.3 Å². The lowest BCUT2D eigenvalue weighted by atomic mass is 10.1. The summed E-state index contributed by atoms with van der Waals surface area (Å²) in [6.45, 7) is 5.00. The molecule has 1 aromatic carbocycles. The van der Waals surface area contributed by atoms with Gasteiger partial charge < -0.3 is 24.8 Å². The zero-order valence-corrected chi connectivity index (χ0v) is 16.7. The van der Waals surface area contributed by atoms with Crippen LogP contribution in [0.2, 0.25) is 0 Å². The number of amides is 2. The molecule has 8 heteroatoms. The maximum absolute atomic E-state index is 12.3. The molecule has 8 nitrogen and oxygen atoms in total. The molecule has 2 N–H and O–H groups in total. The number of benzene rings is 1. The van der Waals surface area contributed by atoms with Gasteiger partial charge in [-0.25, -0.2) is 4.79 Å². The third-order valence-corrected chi connectivity index (χ3v) is 4.58. The van der Waals surface area contributed by atoms with Crippen molar-refractivity contribution in [1.29, 1.82) is 0 Å². The van der Waals surface area contributed by atoms with Gasteiger partial charge in [0.05, 0.1) is 25.4 Å². The number of carbonyl (C=O) groups is 2. The molecule has 0 spiro atoms. The van der Waals surface area contributed by atoms with Crippen molar-refractivity contribution in [2.24, 2.45) is 0 Å². The number of nitrogens with zero attached hydrogens (tertiary/aromatic N) is 2. The summed E-state index contributed by atoms with van der Waals surface area (Å²) in [4.78, 5) is 26.5. The Morgan fingerprint density at radius 3 is 2.86 bits per heavy atom. The highest BCUT2D eigenvalue weighted by atomic mass is 16.5. The van der Waals surface area contributed by atoms with Crippen molar-refractivity contribution in [3.8, 4) is 0 Å². The fraction of sp³-hybridized carbons (Fsp3) is 0.600. The molecule has 1 aliphatic rings. The third kappa shape index (κ3) is 7.84. The molecule has 0 saturated carbocycles. The molecular formula is C20H31N3O5. The van der Waals surface area contributed by atoms with Gasteiger partial charge in [0, 0.05) is 32.8 Å². The summed E-state index contributed by atoms with van der Waals surface area (Å²) in [7, 11) is 1.73. The summed E-state index contributed by atoms with van der Waals surface area (Å²) in [5, 5.41) is 11.7. The number of likely N-dealkylation sites (N-methyl/N-ethyl adjacent to an activating group) is 1. The van der Waals surface area contributed by atoms with Gasteiger partial charge in [0.2, 0.25) is 0 Å². The van der Waals surface area contributed by atoms with E-state index in [9.17, 15) is 9.59 Å². The monoisotopic (exact) mass is 393 g/mol. The van der Waals surface area contributed by atoms with Crippen molar-refractivity contribution >= 4 is 12.0 Å². The van der Waals surface area contributed by atoms with Crippen LogP contribution in [0.4, 0.5) is 4.79 Å². The molecule has 1 aliphatic heterocycles. The standard InChI is InChI=1S/C20H31N3O5/c1-16(17-7-4-3-5-8-17)27-11-6-9-21-20(26)23-10-12-28-18(14-23)13-22(2)15-19(24)25/h3-5,7-8,16,18H,6,9-15H2,1-2H3,(H,21,26)(H,24,25). The Morgan fingerprint density at radius 1 is 1.39 bits per heavy atom. The smallest absolute Gasteiger partial charge is 0.317 e. The third-order valence-electron chi connectivity index (χ3n) is 4.58. The number of ether oxygens (including phenoxy) is 2. The summed E-state index contributed by atoms with van der Waals surface area (Å²) >= 11 is 0. The number of hydrogen-bond donors (Lipinski definition) is 2. The van der Waals surface area contributed by atoms with Gasteiger partial charge in [-0.15, -0.1) is 0 Å². The first-order valence-corrected chi connectivity index (χ1v) is 9.67. The van der Waals surface area contributed by atoms with Gasteiger partial charge in [0.1, 0.15) is 0 Å². The summed E-state index contributed by atoms with van der Waals surface area (Å²) < 4.78 is 11.5. The minimum Gasteiger partial charge on any atom is -0.480 e. The van der Waals surface area contributed by atoms with Gasteiger partial charge >= 0.3 is 12.0 Å². The number of urea groups is 1. The van der Waals surface area contributed by atoms with E-state index >= 15 is 0 Å². The molecule has 2 unspecified atom stereocenters. The van der Waals surface area contributed by atoms with Gasteiger partial charge in [-0.3, -0.25) is 9.69 Å². The van der Waals surface area contributed by atoms with Crippen LogP contribution in [0.1, 0.15) is 25.0 Å². The second-order valence-electron chi connectivity index (χ2n) is 7.04. The molecule has 1 saturated heterocycles. The van der Waals surface area contributed by atoms with Gasteiger partial charge in [-0.2, -0.15) is 0 Å². The van der Waals surface area contributed by atoms with E-state index in [1.807, 2.05) is 37.3 Å². The maximum Gasteiger partial charge on any atom is 0.317 e. The van der Waals surface area contributed by atoms with E-state index in [1.54, 1.807) is 16.8 Å². The second-order valence-corrected chi connectivity index (χ2v) is 7.04. The zero-order valence-electron chi connectivity index (χ0n) is 16.7. The molecule has 0 radical (unpaired) electrons. The van der Waals surface area contributed by atoms with E-state index in [1.165, 1.54) is 0 Å². The molecule has 1 heterocycles. The van der Waals surface area contributed by atoms with Crippen LogP contribution in [0, 0.1) is 0 Å². The Balaban J connectivity index is 1.62. The largest absolute Gasteiger partial charge is 0.480 e. The number of carboxylic acid groups (broad SMARTS) is 1. The van der Waals surface area contributed by atoms with Crippen molar-refractivity contribution < 1.29 is 24.2 Å². The normalized spacial score (nSPS) is 18.1. The lowest BCUT2D eigenvalue weighted by Gasteiger charge is -2.34. The van der Waals surface area contributed by atoms with Crippen LogP contribution >= 0.6 is 0 Å². The summed E-state index contributed by atoms with van der Waals surface area (Å²) in [6, 6.07) is 9.91. The SMILES string of the molecule is CC(OCCCNC(=O)N1CCOC(CN(C)CC(=O)O)C1)c1ccccc1. The van der Waals surface area contributed by atoms with E-state index in [-0.39, 0.29) is 24.8 Å². The Hall–Kier alpha value is -2.16. The molecule has 0 aromatic heterocycles. The van der Waals surface area contributed by atoms with E-state index in [4.69, 9.17) is 14.6 Å². The van der Waals surface area contributed by atoms with Crippen LogP contribution in [0.25, 0.3) is 0 Å². The van der Waals surface area contributed by atoms with Crippen LogP contribution < -0.4 is 5.32 Å². The summed E-state index contributed by atoms with van der Waals surface area (Å²) in [5.41, 5.74) is 1.14. The van der Waals surface area contributed by atoms with Gasteiger partial charge in [0.25, 0.3) is 0 Å². The Labute approximate surface area is 166 Å². The minimum absolute atomic E-state index is 0.0275. The van der Waals surface area contributed by atoms with E-state index in [2.05, 4.69) is 5.32 Å². The Kier molecular flexibility index (Phi) is 9.19. The molecule has 28 heavy (non-hydrogen) atoms. The average molecular weight is 393 g/mol. The number of carboxylic acids is 1. The van der Waals surface area contributed by atoms with Gasteiger partial charge in [0.15, 0.2) is 0 Å². The molecule has 2 rings (SSSR count). The topological polar surface area (TPSA) is 91.3 Å². The van der Waals surface area contributed by atoms with Crippen molar-refractivity contribution in [2.45, 2.75) is 25.6 Å². The van der Waals surface area contributed by atoms with E-state index in [0.717, 1.165) is 12.0 Å². The van der Waals surface area contributed by atoms with Gasteiger partial charge in [-0.1, -0.05) is 30.3 Å². The lowest BCUT2D eigenvalue weighted by Crippen LogP contribution is -2.52. The van der Waals surface area contributed by atoms with Crippen molar-refractivity contribution in [1.82, 2.24) is 15.1 Å². The number of aliphatic carboxylic acids is 1. The first-order valence-electron chi connectivity index (χ1n) is 9.67. The molecular weight excluding hydrogens is 362 g/mol. The number of nitrogens with one attached hydrogen (secondary N) is 1. The summed E-state index contributed by atoms with van der Waals surface area (Å²) in [6.07, 6.45) is 0.580. The van der Waals surface area contributed by atoms with Crippen molar-refractivity contribution in [3.05, 3.63) is 35.9 Å². The van der Waals surface area contributed by atoms with Crippen molar-refractivity contribution in [2.75, 3.05) is 53.0 Å². The highest BCUT2D eigenvalue weighted by molar-refractivity contribution is 5.74. The number of carbonyl (C=O) groups excluding carboxylic acids is 1. The van der Waals surface area contributed by atoms with E-state index < -0.39 is 5.97 Å². The van der Waals surface area contributed by atoms with Crippen LogP contribution in [-0.4, -0.2) is 86.0 Å². The highest BCUT2D eigenvalue weighted by Crippen LogP contribution is 2.15. The second kappa shape index (κ2) is 11.6. The fourth-order valence-corrected chi connectivity index (χ4v) is 3.12. The fourth-order valence-electron chi connectivity index (χ4n) is 3.12. The molecule has 1 aromatic rings. The number of morpholine rings is 1. The average Bonchev–Trinajstić information content (AvgIpc) is 2.67. The Morgan fingerprint density at radius 2 is 2.14 bits per heavy atom. The van der Waals surface area contributed by atoms with E-state index in [0.29, 0.717) is 39.4 Å². The van der Waals surface area contributed by atoms with Crippen LogP contribution in [-0.2, 0) is 14.3 Å². The predicted octanol–water partition coefficient (Wildman–Crippen LogP) is 1.58. The first kappa shape index (κ1) is 22.1. The molecule has 0 bridgehead atoms. The molecule has 2 atom stereocenters. The Bertz CT molecular complexity index is 613. The van der Waals surface area contributed by atoms with Crippen LogP contribution in [0.5, 0.6) is 0 Å². The van der Waals surface area contributed by atoms with Gasteiger partial charge in [-0.05, 0) is 26.0 Å². The zero-order chi connectivity index (χ0) is 20.4.